The van der Waals surface area contributed by atoms with E-state index in [2.05, 4.69) is 46.6 Å². The van der Waals surface area contributed by atoms with E-state index in [4.69, 9.17) is 11.6 Å². The quantitative estimate of drug-likeness (QED) is 0.683. The number of nitrogens with zero attached hydrogens (tertiary/aromatic N) is 1. The standard InChI is InChI=1S/C26H29ClN2O/c27-20-14-12-18(13-15-20)16-17-29-25(22-9-3-4-10-23(22)26(29)30)28-24-11-5-7-19-6-1-2-8-21(19)24/h1-2,6,8,12-15,24-25,28H,3-5,7,9-11,16-17H2/t24-,25-/m0/s1. The number of fused-ring (bicyclic) bond motifs is 1. The zero-order chi connectivity index (χ0) is 20.5. The molecule has 3 nitrogen and oxygen atoms in total. The molecule has 0 fully saturated rings. The second-order valence-electron chi connectivity index (χ2n) is 8.80. The highest BCUT2D eigenvalue weighted by molar-refractivity contribution is 6.30. The summed E-state index contributed by atoms with van der Waals surface area (Å²) in [7, 11) is 0. The average Bonchev–Trinajstić information content (AvgIpc) is 3.05. The van der Waals surface area contributed by atoms with Crippen LogP contribution < -0.4 is 5.32 Å². The van der Waals surface area contributed by atoms with Crippen molar-refractivity contribution in [2.75, 3.05) is 6.54 Å². The molecule has 1 N–H and O–H groups in total. The fourth-order valence-electron chi connectivity index (χ4n) is 5.39. The molecule has 5 rings (SSSR count). The monoisotopic (exact) mass is 420 g/mol. The summed E-state index contributed by atoms with van der Waals surface area (Å²) in [6.07, 6.45) is 8.69. The van der Waals surface area contributed by atoms with Crippen LogP contribution >= 0.6 is 11.6 Å². The summed E-state index contributed by atoms with van der Waals surface area (Å²) in [6, 6.07) is 17.1. The Morgan fingerprint density at radius 1 is 0.967 bits per heavy atom. The Hall–Kier alpha value is -2.10. The summed E-state index contributed by atoms with van der Waals surface area (Å²) < 4.78 is 0. The van der Waals surface area contributed by atoms with Crippen molar-refractivity contribution >= 4 is 17.5 Å². The third-order valence-electron chi connectivity index (χ3n) is 6.95. The molecular weight excluding hydrogens is 392 g/mol. The molecule has 1 heterocycles. The van der Waals surface area contributed by atoms with Gasteiger partial charge in [-0.3, -0.25) is 10.1 Å². The van der Waals surface area contributed by atoms with Crippen LogP contribution in [0, 0.1) is 0 Å². The first kappa shape index (κ1) is 19.8. The van der Waals surface area contributed by atoms with Crippen molar-refractivity contribution in [3.63, 3.8) is 0 Å². The molecule has 0 aromatic heterocycles. The smallest absolute Gasteiger partial charge is 0.251 e. The molecule has 0 saturated carbocycles. The van der Waals surface area contributed by atoms with Crippen LogP contribution in [0.1, 0.15) is 61.3 Å². The molecule has 1 amide bonds. The molecule has 1 aliphatic heterocycles. The van der Waals surface area contributed by atoms with Crippen LogP contribution in [0.15, 0.2) is 59.7 Å². The number of carbonyl (C=O) groups is 1. The number of halogens is 1. The molecule has 4 heteroatoms. The highest BCUT2D eigenvalue weighted by Crippen LogP contribution is 2.38. The molecular formula is C26H29ClN2O. The van der Waals surface area contributed by atoms with Gasteiger partial charge < -0.3 is 4.90 Å². The Morgan fingerprint density at radius 2 is 1.77 bits per heavy atom. The molecule has 3 aliphatic rings. The summed E-state index contributed by atoms with van der Waals surface area (Å²) in [4.78, 5) is 15.4. The van der Waals surface area contributed by atoms with Crippen molar-refractivity contribution in [2.45, 2.75) is 63.6 Å². The highest BCUT2D eigenvalue weighted by atomic mass is 35.5. The first-order chi connectivity index (χ1) is 14.7. The van der Waals surface area contributed by atoms with Gasteiger partial charge in [0.15, 0.2) is 0 Å². The average molecular weight is 421 g/mol. The lowest BCUT2D eigenvalue weighted by molar-refractivity contribution is -0.127. The predicted molar refractivity (Wildman–Crippen MR) is 121 cm³/mol. The maximum Gasteiger partial charge on any atom is 0.251 e. The number of hydrogen-bond acceptors (Lipinski definition) is 2. The topological polar surface area (TPSA) is 32.3 Å². The maximum atomic E-state index is 13.3. The van der Waals surface area contributed by atoms with Crippen molar-refractivity contribution in [1.82, 2.24) is 10.2 Å². The Bertz CT molecular complexity index is 965. The number of rotatable bonds is 5. The van der Waals surface area contributed by atoms with E-state index in [9.17, 15) is 4.79 Å². The number of hydrogen-bond donors (Lipinski definition) is 1. The first-order valence-electron chi connectivity index (χ1n) is 11.3. The van der Waals surface area contributed by atoms with Gasteiger partial charge >= 0.3 is 0 Å². The van der Waals surface area contributed by atoms with E-state index < -0.39 is 0 Å². The van der Waals surface area contributed by atoms with Crippen molar-refractivity contribution in [2.24, 2.45) is 0 Å². The van der Waals surface area contributed by atoms with Gasteiger partial charge in [-0.15, -0.1) is 0 Å². The number of benzene rings is 2. The zero-order valence-electron chi connectivity index (χ0n) is 17.4. The summed E-state index contributed by atoms with van der Waals surface area (Å²) in [5.41, 5.74) is 6.53. The minimum atomic E-state index is 0.0382. The van der Waals surface area contributed by atoms with E-state index in [0.29, 0.717) is 6.04 Å². The van der Waals surface area contributed by atoms with Crippen molar-refractivity contribution in [3.05, 3.63) is 81.4 Å². The van der Waals surface area contributed by atoms with Crippen LogP contribution in [0.4, 0.5) is 0 Å². The predicted octanol–water partition coefficient (Wildman–Crippen LogP) is 5.59. The normalized spacial score (nSPS) is 23.5. The molecule has 2 aliphatic carbocycles. The number of aryl methyl sites for hydroxylation is 1. The third-order valence-corrected chi connectivity index (χ3v) is 7.21. The summed E-state index contributed by atoms with van der Waals surface area (Å²) in [5.74, 6) is 0.250. The lowest BCUT2D eigenvalue weighted by Crippen LogP contribution is -2.48. The second kappa shape index (κ2) is 8.56. The van der Waals surface area contributed by atoms with Crippen molar-refractivity contribution < 1.29 is 4.79 Å². The fraction of sp³-hybridized carbons (Fsp3) is 0.423. The SMILES string of the molecule is O=C1C2=C(CCCC2)[C@@H](N[C@H]2CCCc3ccccc32)N1CCc1ccc(Cl)cc1. The van der Waals surface area contributed by atoms with Crippen LogP contribution in [0.25, 0.3) is 0 Å². The molecule has 2 atom stereocenters. The van der Waals surface area contributed by atoms with E-state index in [0.717, 1.165) is 55.7 Å². The largest absolute Gasteiger partial charge is 0.319 e. The third kappa shape index (κ3) is 3.81. The first-order valence-corrected chi connectivity index (χ1v) is 11.7. The van der Waals surface area contributed by atoms with Gasteiger partial charge in [0.05, 0.1) is 0 Å². The minimum absolute atomic E-state index is 0.0382. The molecule has 0 radical (unpaired) electrons. The molecule has 2 aromatic rings. The van der Waals surface area contributed by atoms with E-state index >= 15 is 0 Å². The van der Waals surface area contributed by atoms with Gasteiger partial charge in [0.1, 0.15) is 6.17 Å². The van der Waals surface area contributed by atoms with E-state index in [-0.39, 0.29) is 12.1 Å². The van der Waals surface area contributed by atoms with Crippen LogP contribution in [0.2, 0.25) is 5.02 Å². The van der Waals surface area contributed by atoms with Crippen LogP contribution in [0.5, 0.6) is 0 Å². The van der Waals surface area contributed by atoms with Gasteiger partial charge in [-0.1, -0.05) is 48.0 Å². The lowest BCUT2D eigenvalue weighted by Gasteiger charge is -2.35. The minimum Gasteiger partial charge on any atom is -0.319 e. The molecule has 0 saturated heterocycles. The molecule has 156 valence electrons. The molecule has 0 spiro atoms. The van der Waals surface area contributed by atoms with Crippen LogP contribution in [-0.2, 0) is 17.6 Å². The fourth-order valence-corrected chi connectivity index (χ4v) is 5.52. The van der Waals surface area contributed by atoms with Gasteiger partial charge in [0, 0.05) is 23.2 Å². The van der Waals surface area contributed by atoms with Crippen LogP contribution in [-0.4, -0.2) is 23.5 Å². The summed E-state index contributed by atoms with van der Waals surface area (Å²) in [5, 5.41) is 4.68. The second-order valence-corrected chi connectivity index (χ2v) is 9.24. The summed E-state index contributed by atoms with van der Waals surface area (Å²) in [6.45, 7) is 0.736. The molecule has 0 bridgehead atoms. The van der Waals surface area contributed by atoms with E-state index in [1.165, 1.54) is 35.1 Å². The van der Waals surface area contributed by atoms with Gasteiger partial charge in [0.2, 0.25) is 0 Å². The zero-order valence-corrected chi connectivity index (χ0v) is 18.1. The van der Waals surface area contributed by atoms with Gasteiger partial charge in [0.25, 0.3) is 5.91 Å². The van der Waals surface area contributed by atoms with Gasteiger partial charge in [-0.05, 0) is 85.8 Å². The highest BCUT2D eigenvalue weighted by Gasteiger charge is 2.40. The van der Waals surface area contributed by atoms with Crippen LogP contribution in [0.3, 0.4) is 0 Å². The number of amides is 1. The Balaban J connectivity index is 1.39. The molecule has 0 unspecified atom stereocenters. The number of carbonyl (C=O) groups excluding carboxylic acids is 1. The van der Waals surface area contributed by atoms with Gasteiger partial charge in [-0.25, -0.2) is 0 Å². The Morgan fingerprint density at radius 3 is 2.63 bits per heavy atom. The Kier molecular flexibility index (Phi) is 5.66. The van der Waals surface area contributed by atoms with Crippen molar-refractivity contribution in [1.29, 1.82) is 0 Å². The van der Waals surface area contributed by atoms with E-state index in [1.807, 2.05) is 12.1 Å². The molecule has 2 aromatic carbocycles. The maximum absolute atomic E-state index is 13.3. The lowest BCUT2D eigenvalue weighted by atomic mass is 9.86. The Labute approximate surface area is 184 Å². The number of nitrogens with one attached hydrogen (secondary N) is 1. The van der Waals surface area contributed by atoms with Gasteiger partial charge in [-0.2, -0.15) is 0 Å². The van der Waals surface area contributed by atoms with Crippen molar-refractivity contribution in [3.8, 4) is 0 Å². The van der Waals surface area contributed by atoms with E-state index in [1.54, 1.807) is 0 Å². The summed E-state index contributed by atoms with van der Waals surface area (Å²) >= 11 is 6.04. The molecule has 30 heavy (non-hydrogen) atoms.